The number of hydrogen-bond donors (Lipinski definition) is 0. The summed E-state index contributed by atoms with van der Waals surface area (Å²) in [6.07, 6.45) is 0.616. The second-order valence-electron chi connectivity index (χ2n) is 2.33. The van der Waals surface area contributed by atoms with Crippen LogP contribution in [0.4, 0.5) is 0 Å². The van der Waals surface area contributed by atoms with Gasteiger partial charge in [0, 0.05) is 11.3 Å². The zero-order valence-corrected chi connectivity index (χ0v) is 7.47. The molecule has 0 fully saturated rings. The molecule has 4 nitrogen and oxygen atoms in total. The Balaban J connectivity index is 2.33. The zero-order chi connectivity index (χ0) is 8.97. The second kappa shape index (κ2) is 4.06. The Morgan fingerprint density at radius 3 is 3.00 bits per heavy atom. The molecule has 12 heavy (non-hydrogen) atoms. The van der Waals surface area contributed by atoms with E-state index in [1.165, 1.54) is 5.56 Å². The summed E-state index contributed by atoms with van der Waals surface area (Å²) in [6.45, 7) is 2.13. The third-order valence-corrected chi connectivity index (χ3v) is 2.58. The van der Waals surface area contributed by atoms with E-state index in [0.717, 1.165) is 4.88 Å². The van der Waals surface area contributed by atoms with Gasteiger partial charge in [0.25, 0.3) is 5.09 Å². The van der Waals surface area contributed by atoms with Gasteiger partial charge in [0.1, 0.15) is 6.61 Å². The van der Waals surface area contributed by atoms with Gasteiger partial charge >= 0.3 is 0 Å². The van der Waals surface area contributed by atoms with Crippen LogP contribution in [0, 0.1) is 17.0 Å². The third kappa shape index (κ3) is 2.50. The van der Waals surface area contributed by atoms with E-state index < -0.39 is 5.09 Å². The van der Waals surface area contributed by atoms with E-state index in [4.69, 9.17) is 0 Å². The molecule has 0 spiro atoms. The van der Waals surface area contributed by atoms with Crippen molar-refractivity contribution >= 4 is 11.3 Å². The number of rotatable bonds is 4. The molecule has 0 radical (unpaired) electrons. The largest absolute Gasteiger partial charge is 0.314 e. The van der Waals surface area contributed by atoms with Crippen LogP contribution in [0.5, 0.6) is 0 Å². The maximum Gasteiger partial charge on any atom is 0.294 e. The molecule has 0 saturated carbocycles. The van der Waals surface area contributed by atoms with E-state index in [1.807, 2.05) is 18.4 Å². The van der Waals surface area contributed by atoms with Gasteiger partial charge in [-0.2, -0.15) is 0 Å². The predicted octanol–water partition coefficient (Wildman–Crippen LogP) is 1.81. The number of aryl methyl sites for hydroxylation is 1. The fourth-order valence-corrected chi connectivity index (χ4v) is 1.76. The van der Waals surface area contributed by atoms with E-state index in [0.29, 0.717) is 6.42 Å². The smallest absolute Gasteiger partial charge is 0.294 e. The van der Waals surface area contributed by atoms with Crippen molar-refractivity contribution in [3.8, 4) is 0 Å². The fourth-order valence-electron chi connectivity index (χ4n) is 0.873. The molecular weight excluding hydrogens is 178 g/mol. The van der Waals surface area contributed by atoms with Crippen LogP contribution in [0.1, 0.15) is 10.4 Å². The van der Waals surface area contributed by atoms with Gasteiger partial charge in [0.15, 0.2) is 0 Å². The van der Waals surface area contributed by atoms with E-state index in [2.05, 4.69) is 4.84 Å². The van der Waals surface area contributed by atoms with E-state index in [9.17, 15) is 10.1 Å². The average Bonchev–Trinajstić information content (AvgIpc) is 2.36. The Bertz CT molecular complexity index is 271. The summed E-state index contributed by atoms with van der Waals surface area (Å²) in [5.74, 6) is 0. The second-order valence-corrected chi connectivity index (χ2v) is 3.33. The van der Waals surface area contributed by atoms with Crippen molar-refractivity contribution in [2.24, 2.45) is 0 Å². The molecule has 1 rings (SSSR count). The minimum Gasteiger partial charge on any atom is -0.314 e. The first-order valence-corrected chi connectivity index (χ1v) is 4.38. The molecule has 0 aromatic carbocycles. The van der Waals surface area contributed by atoms with E-state index in [1.54, 1.807) is 11.3 Å². The molecule has 5 heteroatoms. The van der Waals surface area contributed by atoms with Gasteiger partial charge in [-0.1, -0.05) is 0 Å². The molecule has 0 bridgehead atoms. The first-order valence-electron chi connectivity index (χ1n) is 3.50. The number of nitrogens with zero attached hydrogens (tertiary/aromatic N) is 1. The minimum atomic E-state index is -0.761. The van der Waals surface area contributed by atoms with Crippen molar-refractivity contribution in [1.82, 2.24) is 0 Å². The van der Waals surface area contributed by atoms with Crippen LogP contribution in [0.2, 0.25) is 0 Å². The lowest BCUT2D eigenvalue weighted by Crippen LogP contribution is -2.04. The van der Waals surface area contributed by atoms with Crippen LogP contribution in [0.15, 0.2) is 11.4 Å². The molecule has 0 aliphatic carbocycles. The van der Waals surface area contributed by atoms with Gasteiger partial charge in [-0.25, -0.2) is 0 Å². The molecule has 66 valence electrons. The Hall–Kier alpha value is -1.10. The third-order valence-electron chi connectivity index (χ3n) is 1.49. The standard InChI is InChI=1S/C7H9NO3S/c1-6-3-5-12-7(6)2-4-11-8(9)10/h3,5H,2,4H2,1H3. The van der Waals surface area contributed by atoms with Crippen molar-refractivity contribution < 1.29 is 9.92 Å². The summed E-state index contributed by atoms with van der Waals surface area (Å²) in [5.41, 5.74) is 1.17. The molecule has 0 aliphatic rings. The van der Waals surface area contributed by atoms with Crippen LogP contribution in [0.25, 0.3) is 0 Å². The first kappa shape index (κ1) is 8.99. The van der Waals surface area contributed by atoms with Gasteiger partial charge in [-0.05, 0) is 23.9 Å². The highest BCUT2D eigenvalue weighted by molar-refractivity contribution is 7.10. The SMILES string of the molecule is Cc1ccsc1CCO[N+](=O)[O-]. The van der Waals surface area contributed by atoms with Gasteiger partial charge in [0.05, 0.1) is 0 Å². The summed E-state index contributed by atoms with van der Waals surface area (Å²) >= 11 is 1.60. The Morgan fingerprint density at radius 2 is 2.50 bits per heavy atom. The molecule has 0 amide bonds. The fraction of sp³-hybridized carbons (Fsp3) is 0.429. The lowest BCUT2D eigenvalue weighted by atomic mass is 10.2. The van der Waals surface area contributed by atoms with Gasteiger partial charge in [-0.3, -0.25) is 0 Å². The van der Waals surface area contributed by atoms with Gasteiger partial charge in [-0.15, -0.1) is 21.5 Å². The molecule has 1 aromatic heterocycles. The Kier molecular flexibility index (Phi) is 3.04. The monoisotopic (exact) mass is 187 g/mol. The average molecular weight is 187 g/mol. The maximum atomic E-state index is 9.80. The summed E-state index contributed by atoms with van der Waals surface area (Å²) in [6, 6.07) is 1.99. The molecule has 0 aliphatic heterocycles. The predicted molar refractivity (Wildman–Crippen MR) is 45.7 cm³/mol. The highest BCUT2D eigenvalue weighted by atomic mass is 32.1. The molecule has 1 aromatic rings. The van der Waals surface area contributed by atoms with E-state index >= 15 is 0 Å². The maximum absolute atomic E-state index is 9.80. The van der Waals surface area contributed by atoms with Crippen LogP contribution in [0.3, 0.4) is 0 Å². The molecule has 0 unspecified atom stereocenters. The summed E-state index contributed by atoms with van der Waals surface area (Å²) in [5, 5.41) is 11.0. The van der Waals surface area contributed by atoms with Crippen LogP contribution in [-0.4, -0.2) is 11.7 Å². The lowest BCUT2D eigenvalue weighted by molar-refractivity contribution is -0.757. The Morgan fingerprint density at radius 1 is 1.75 bits per heavy atom. The summed E-state index contributed by atoms with van der Waals surface area (Å²) in [7, 11) is 0. The van der Waals surface area contributed by atoms with Crippen LogP contribution < -0.4 is 0 Å². The highest BCUT2D eigenvalue weighted by Gasteiger charge is 2.00. The topological polar surface area (TPSA) is 52.4 Å². The summed E-state index contributed by atoms with van der Waals surface area (Å²) in [4.78, 5) is 15.1. The van der Waals surface area contributed by atoms with Crippen LogP contribution >= 0.6 is 11.3 Å². The lowest BCUT2D eigenvalue weighted by Gasteiger charge is -1.97. The molecule has 0 N–H and O–H groups in total. The zero-order valence-electron chi connectivity index (χ0n) is 6.65. The van der Waals surface area contributed by atoms with Crippen molar-refractivity contribution in [3.05, 3.63) is 32.0 Å². The Labute approximate surface area is 73.9 Å². The van der Waals surface area contributed by atoms with E-state index in [-0.39, 0.29) is 6.61 Å². The normalized spacial score (nSPS) is 9.75. The minimum absolute atomic E-state index is 0.147. The van der Waals surface area contributed by atoms with Crippen molar-refractivity contribution in [1.29, 1.82) is 0 Å². The van der Waals surface area contributed by atoms with Crippen molar-refractivity contribution in [2.75, 3.05) is 6.61 Å². The van der Waals surface area contributed by atoms with Crippen LogP contribution in [-0.2, 0) is 11.3 Å². The highest BCUT2D eigenvalue weighted by Crippen LogP contribution is 2.15. The molecule has 0 atom stereocenters. The van der Waals surface area contributed by atoms with Gasteiger partial charge < -0.3 is 4.84 Å². The summed E-state index contributed by atoms with van der Waals surface area (Å²) < 4.78 is 0. The quantitative estimate of drug-likeness (QED) is 0.533. The first-order chi connectivity index (χ1) is 5.70. The van der Waals surface area contributed by atoms with Gasteiger partial charge in [0.2, 0.25) is 0 Å². The number of hydrogen-bond acceptors (Lipinski definition) is 4. The molecular formula is C7H9NO3S. The van der Waals surface area contributed by atoms with Crippen molar-refractivity contribution in [3.63, 3.8) is 0 Å². The molecule has 0 saturated heterocycles. The molecule has 1 heterocycles. The number of thiophene rings is 1. The van der Waals surface area contributed by atoms with Crippen molar-refractivity contribution in [2.45, 2.75) is 13.3 Å².